The summed E-state index contributed by atoms with van der Waals surface area (Å²) in [6.07, 6.45) is 0. The Labute approximate surface area is 177 Å². The molecule has 6 nitrogen and oxygen atoms in total. The molecule has 0 spiro atoms. The van der Waals surface area contributed by atoms with Crippen molar-refractivity contribution in [3.05, 3.63) is 90.0 Å². The summed E-state index contributed by atoms with van der Waals surface area (Å²) in [7, 11) is 0. The van der Waals surface area contributed by atoms with E-state index in [1.807, 2.05) is 6.07 Å². The Bertz CT molecular complexity index is 1060. The Balaban J connectivity index is 1.71. The van der Waals surface area contributed by atoms with E-state index in [0.29, 0.717) is 11.5 Å². The number of hydrogen-bond acceptors (Lipinski definition) is 4. The van der Waals surface area contributed by atoms with Gasteiger partial charge in [0.15, 0.2) is 29.7 Å². The second-order valence-corrected chi connectivity index (χ2v) is 6.51. The zero-order valence-electron chi connectivity index (χ0n) is 16.3. The van der Waals surface area contributed by atoms with Crippen LogP contribution in [0.2, 0.25) is 0 Å². The molecule has 0 atom stereocenters. The van der Waals surface area contributed by atoms with Crippen LogP contribution in [0.3, 0.4) is 0 Å². The Kier molecular flexibility index (Phi) is 7.16. The average Bonchev–Trinajstić information content (AvgIpc) is 2.76. The van der Waals surface area contributed by atoms with Crippen molar-refractivity contribution in [2.45, 2.75) is 6.54 Å². The number of hydrogen-bond donors (Lipinski definition) is 1. The molecule has 1 amide bonds. The molecule has 0 radical (unpaired) electrons. The van der Waals surface area contributed by atoms with Crippen molar-refractivity contribution >= 4 is 11.9 Å². The number of nitrogens with zero attached hydrogens (tertiary/aromatic N) is 1. The van der Waals surface area contributed by atoms with Crippen molar-refractivity contribution in [2.24, 2.45) is 0 Å². The highest BCUT2D eigenvalue weighted by atomic mass is 19.2. The molecule has 0 aliphatic heterocycles. The number of benzene rings is 3. The van der Waals surface area contributed by atoms with Crippen LogP contribution in [-0.2, 0) is 16.1 Å². The van der Waals surface area contributed by atoms with Gasteiger partial charge in [-0.15, -0.1) is 0 Å². The van der Waals surface area contributed by atoms with Gasteiger partial charge in [0, 0.05) is 12.1 Å². The van der Waals surface area contributed by atoms with Gasteiger partial charge in [-0.25, -0.2) is 8.78 Å². The molecule has 0 heterocycles. The topological polar surface area (TPSA) is 76.1 Å². The van der Waals surface area contributed by atoms with Gasteiger partial charge in [-0.1, -0.05) is 42.5 Å². The molecule has 0 aromatic heterocycles. The number of carbonyl (C=O) groups excluding carboxylic acids is 1. The first-order valence-electron chi connectivity index (χ1n) is 9.31. The summed E-state index contributed by atoms with van der Waals surface area (Å²) in [5.74, 6) is -3.01. The molecule has 0 aliphatic carbocycles. The molecule has 31 heavy (non-hydrogen) atoms. The van der Waals surface area contributed by atoms with E-state index >= 15 is 0 Å². The lowest BCUT2D eigenvalue weighted by molar-refractivity contribution is -0.145. The normalized spacial score (nSPS) is 10.4. The highest BCUT2D eigenvalue weighted by Gasteiger charge is 2.21. The third-order valence-electron chi connectivity index (χ3n) is 4.24. The van der Waals surface area contributed by atoms with Crippen molar-refractivity contribution in [1.82, 2.24) is 4.90 Å². The van der Waals surface area contributed by atoms with Crippen molar-refractivity contribution in [3.63, 3.8) is 0 Å². The van der Waals surface area contributed by atoms with Gasteiger partial charge in [-0.3, -0.25) is 9.59 Å². The summed E-state index contributed by atoms with van der Waals surface area (Å²) in [6.45, 7) is -1.63. The van der Waals surface area contributed by atoms with Crippen LogP contribution in [0, 0.1) is 11.6 Å². The van der Waals surface area contributed by atoms with E-state index in [1.165, 1.54) is 12.1 Å². The lowest BCUT2D eigenvalue weighted by Crippen LogP contribution is -2.38. The summed E-state index contributed by atoms with van der Waals surface area (Å²) in [6, 6.07) is 19.1. The fourth-order valence-corrected chi connectivity index (χ4v) is 2.77. The van der Waals surface area contributed by atoms with E-state index in [4.69, 9.17) is 14.6 Å². The first-order chi connectivity index (χ1) is 14.9. The molecule has 3 aromatic carbocycles. The summed E-state index contributed by atoms with van der Waals surface area (Å²) in [5.41, 5.74) is -0.137. The largest absolute Gasteiger partial charge is 0.480 e. The van der Waals surface area contributed by atoms with Gasteiger partial charge in [0.2, 0.25) is 0 Å². The average molecular weight is 427 g/mol. The Morgan fingerprint density at radius 3 is 2.26 bits per heavy atom. The minimum Gasteiger partial charge on any atom is -0.480 e. The van der Waals surface area contributed by atoms with Crippen molar-refractivity contribution in [3.8, 4) is 17.2 Å². The minimum atomic E-state index is -1.29. The van der Waals surface area contributed by atoms with Crippen LogP contribution in [0.25, 0.3) is 0 Å². The SMILES string of the molecule is O=C(O)CN(Cc1cccc(F)c1F)C(=O)COc1ccccc1Oc1ccccc1. The molecule has 3 rings (SSSR count). The number of carboxylic acid groups (broad SMARTS) is 1. The molecule has 3 aromatic rings. The van der Waals surface area contributed by atoms with Crippen LogP contribution in [0.15, 0.2) is 72.8 Å². The van der Waals surface area contributed by atoms with Crippen LogP contribution >= 0.6 is 0 Å². The summed E-state index contributed by atoms with van der Waals surface area (Å²) in [5, 5.41) is 9.11. The molecule has 0 saturated heterocycles. The van der Waals surface area contributed by atoms with Gasteiger partial charge in [0.1, 0.15) is 12.3 Å². The van der Waals surface area contributed by atoms with E-state index in [0.717, 1.165) is 11.0 Å². The minimum absolute atomic E-state index is 0.137. The lowest BCUT2D eigenvalue weighted by Gasteiger charge is -2.21. The molecule has 0 fully saturated rings. The van der Waals surface area contributed by atoms with E-state index in [-0.39, 0.29) is 11.3 Å². The first kappa shape index (κ1) is 21.8. The van der Waals surface area contributed by atoms with Gasteiger partial charge in [0.25, 0.3) is 5.91 Å². The van der Waals surface area contributed by atoms with Crippen molar-refractivity contribution in [1.29, 1.82) is 0 Å². The second kappa shape index (κ2) is 10.2. The maximum absolute atomic E-state index is 14.0. The molecular formula is C23H19F2NO5. The molecule has 0 saturated carbocycles. The summed E-state index contributed by atoms with van der Waals surface area (Å²) >= 11 is 0. The monoisotopic (exact) mass is 427 g/mol. The molecule has 160 valence electrons. The summed E-state index contributed by atoms with van der Waals surface area (Å²) in [4.78, 5) is 24.6. The fraction of sp³-hybridized carbons (Fsp3) is 0.130. The van der Waals surface area contributed by atoms with Crippen LogP contribution in [-0.4, -0.2) is 35.0 Å². The zero-order chi connectivity index (χ0) is 22.2. The Hall–Kier alpha value is -3.94. The van der Waals surface area contributed by atoms with Crippen molar-refractivity contribution < 1.29 is 33.0 Å². The van der Waals surface area contributed by atoms with E-state index in [2.05, 4.69) is 0 Å². The number of amides is 1. The predicted octanol–water partition coefficient (Wildman–Crippen LogP) is 4.25. The molecule has 0 bridgehead atoms. The lowest BCUT2D eigenvalue weighted by atomic mass is 10.2. The molecule has 8 heteroatoms. The number of ether oxygens (including phenoxy) is 2. The molecule has 0 aliphatic rings. The zero-order valence-corrected chi connectivity index (χ0v) is 16.3. The number of para-hydroxylation sites is 3. The number of halogens is 2. The van der Waals surface area contributed by atoms with Crippen LogP contribution < -0.4 is 9.47 Å². The van der Waals surface area contributed by atoms with Gasteiger partial charge in [-0.05, 0) is 30.3 Å². The predicted molar refractivity (Wildman–Crippen MR) is 108 cm³/mol. The fourth-order valence-electron chi connectivity index (χ4n) is 2.77. The first-order valence-corrected chi connectivity index (χ1v) is 9.31. The van der Waals surface area contributed by atoms with Gasteiger partial charge >= 0.3 is 5.97 Å². The summed E-state index contributed by atoms with van der Waals surface area (Å²) < 4.78 is 38.7. The smallest absolute Gasteiger partial charge is 0.323 e. The van der Waals surface area contributed by atoms with Gasteiger partial charge < -0.3 is 19.5 Å². The molecule has 0 unspecified atom stereocenters. The van der Waals surface area contributed by atoms with E-state index in [9.17, 15) is 18.4 Å². The molecular weight excluding hydrogens is 408 g/mol. The van der Waals surface area contributed by atoms with Crippen LogP contribution in [0.1, 0.15) is 5.56 Å². The third-order valence-corrected chi connectivity index (χ3v) is 4.24. The van der Waals surface area contributed by atoms with Crippen LogP contribution in [0.5, 0.6) is 17.2 Å². The highest BCUT2D eigenvalue weighted by molar-refractivity contribution is 5.82. The standard InChI is InChI=1S/C23H19F2NO5/c24-18-10-6-7-16(23(18)25)13-26(14-22(28)29)21(27)15-30-19-11-4-5-12-20(19)31-17-8-2-1-3-9-17/h1-12H,13-15H2,(H,28,29). The maximum atomic E-state index is 14.0. The highest BCUT2D eigenvalue weighted by Crippen LogP contribution is 2.31. The molecule has 1 N–H and O–H groups in total. The van der Waals surface area contributed by atoms with E-state index in [1.54, 1.807) is 48.5 Å². The Morgan fingerprint density at radius 1 is 0.871 bits per heavy atom. The van der Waals surface area contributed by atoms with Crippen molar-refractivity contribution in [2.75, 3.05) is 13.2 Å². The van der Waals surface area contributed by atoms with Gasteiger partial charge in [0.05, 0.1) is 0 Å². The number of rotatable bonds is 9. The third kappa shape index (κ3) is 6.02. The van der Waals surface area contributed by atoms with E-state index < -0.39 is 43.2 Å². The Morgan fingerprint density at radius 2 is 1.55 bits per heavy atom. The number of aliphatic carboxylic acids is 1. The second-order valence-electron chi connectivity index (χ2n) is 6.51. The maximum Gasteiger partial charge on any atom is 0.323 e. The van der Waals surface area contributed by atoms with Gasteiger partial charge in [-0.2, -0.15) is 0 Å². The quantitative estimate of drug-likeness (QED) is 0.553. The van der Waals surface area contributed by atoms with Crippen LogP contribution in [0.4, 0.5) is 8.78 Å². The number of carboxylic acids is 1. The number of carbonyl (C=O) groups is 2.